The Morgan fingerprint density at radius 1 is 0.413 bits per heavy atom. The van der Waals surface area contributed by atoms with Crippen molar-refractivity contribution in [1.29, 1.82) is 0 Å². The molecule has 216 valence electrons. The van der Waals surface area contributed by atoms with Gasteiger partial charge in [-0.2, -0.15) is 0 Å². The molecule has 0 amide bonds. The number of oxazole rings is 1. The number of hydrogen-bond donors (Lipinski definition) is 0. The van der Waals surface area contributed by atoms with Gasteiger partial charge in [-0.15, -0.1) is 11.3 Å². The molecule has 0 N–H and O–H groups in total. The summed E-state index contributed by atoms with van der Waals surface area (Å²) in [5, 5.41) is 2.30. The van der Waals surface area contributed by atoms with Crippen molar-refractivity contribution in [2.45, 2.75) is 0 Å². The summed E-state index contributed by atoms with van der Waals surface area (Å²) in [6.45, 7) is 0. The molecule has 0 aliphatic rings. The smallest absolute Gasteiger partial charge is 0.228 e. The average Bonchev–Trinajstić information content (AvgIpc) is 3.75. The summed E-state index contributed by atoms with van der Waals surface area (Å²) in [5.41, 5.74) is 7.72. The van der Waals surface area contributed by atoms with Crippen molar-refractivity contribution in [3.05, 3.63) is 146 Å². The van der Waals surface area contributed by atoms with Crippen LogP contribution in [0.3, 0.4) is 0 Å². The minimum Gasteiger partial charge on any atom is -0.436 e. The van der Waals surface area contributed by atoms with Crippen molar-refractivity contribution in [1.82, 2.24) is 19.9 Å². The van der Waals surface area contributed by atoms with Crippen LogP contribution in [0.4, 0.5) is 0 Å². The van der Waals surface area contributed by atoms with E-state index < -0.39 is 0 Å². The van der Waals surface area contributed by atoms with Gasteiger partial charge in [0.2, 0.25) is 5.89 Å². The molecule has 0 bridgehead atoms. The minimum atomic E-state index is 0.608. The van der Waals surface area contributed by atoms with Gasteiger partial charge in [0.1, 0.15) is 5.52 Å². The molecule has 9 aromatic rings. The first kappa shape index (κ1) is 26.4. The van der Waals surface area contributed by atoms with Gasteiger partial charge < -0.3 is 4.42 Å². The monoisotopic (exact) mass is 608 g/mol. The van der Waals surface area contributed by atoms with E-state index in [0.717, 1.165) is 64.7 Å². The van der Waals surface area contributed by atoms with Gasteiger partial charge in [-0.25, -0.2) is 19.9 Å². The first-order valence-electron chi connectivity index (χ1n) is 15.1. The van der Waals surface area contributed by atoms with Crippen LogP contribution in [0.15, 0.2) is 150 Å². The van der Waals surface area contributed by atoms with Crippen molar-refractivity contribution in [2.75, 3.05) is 0 Å². The van der Waals surface area contributed by atoms with E-state index in [4.69, 9.17) is 24.4 Å². The fourth-order valence-electron chi connectivity index (χ4n) is 6.02. The van der Waals surface area contributed by atoms with Gasteiger partial charge in [-0.3, -0.25) is 0 Å². The summed E-state index contributed by atoms with van der Waals surface area (Å²) in [7, 11) is 0. The number of aromatic nitrogens is 4. The molecule has 0 saturated carbocycles. The number of thiophene rings is 1. The highest BCUT2D eigenvalue weighted by atomic mass is 32.1. The molecule has 6 aromatic carbocycles. The molecule has 0 unspecified atom stereocenters. The van der Waals surface area contributed by atoms with Gasteiger partial charge in [-0.05, 0) is 35.4 Å². The van der Waals surface area contributed by atoms with E-state index in [0.29, 0.717) is 23.4 Å². The lowest BCUT2D eigenvalue weighted by Gasteiger charge is -2.09. The molecule has 46 heavy (non-hydrogen) atoms. The Balaban J connectivity index is 1.33. The third-order valence-electron chi connectivity index (χ3n) is 8.20. The topological polar surface area (TPSA) is 64.7 Å². The van der Waals surface area contributed by atoms with Gasteiger partial charge >= 0.3 is 0 Å². The molecule has 3 aromatic heterocycles. The normalized spacial score (nSPS) is 11.5. The Labute approximate surface area is 268 Å². The predicted octanol–water partition coefficient (Wildman–Crippen LogP) is 10.7. The fraction of sp³-hybridized carbons (Fsp3) is 0. The van der Waals surface area contributed by atoms with Gasteiger partial charge in [-0.1, -0.05) is 121 Å². The Morgan fingerprint density at radius 2 is 1.00 bits per heavy atom. The average molecular weight is 609 g/mol. The molecule has 0 atom stereocenters. The Bertz CT molecular complexity index is 2430. The number of hydrogen-bond acceptors (Lipinski definition) is 6. The van der Waals surface area contributed by atoms with E-state index in [-0.39, 0.29) is 0 Å². The highest BCUT2D eigenvalue weighted by Gasteiger charge is 2.22. The van der Waals surface area contributed by atoms with Crippen molar-refractivity contribution in [3.63, 3.8) is 0 Å². The SMILES string of the molecule is c1ccc(-c2nc(-c3ccccc3)nc(-c3cccc4c3sc3c(-c5nc6ccccc6o5)ccc(-c5ccccc5)c34)n2)cc1. The molecule has 3 heterocycles. The Kier molecular flexibility index (Phi) is 6.25. The zero-order valence-electron chi connectivity index (χ0n) is 24.5. The lowest BCUT2D eigenvalue weighted by molar-refractivity contribution is 0.621. The van der Waals surface area contributed by atoms with Crippen molar-refractivity contribution in [3.8, 4) is 56.7 Å². The highest BCUT2D eigenvalue weighted by molar-refractivity contribution is 7.27. The zero-order chi connectivity index (χ0) is 30.5. The molecular weight excluding hydrogens is 585 g/mol. The molecule has 9 rings (SSSR count). The maximum Gasteiger partial charge on any atom is 0.228 e. The van der Waals surface area contributed by atoms with Crippen molar-refractivity contribution >= 4 is 42.6 Å². The summed E-state index contributed by atoms with van der Waals surface area (Å²) in [4.78, 5) is 19.9. The van der Waals surface area contributed by atoms with Crippen LogP contribution in [0.1, 0.15) is 0 Å². The summed E-state index contributed by atoms with van der Waals surface area (Å²) in [6, 6.07) is 49.3. The largest absolute Gasteiger partial charge is 0.436 e. The molecule has 0 saturated heterocycles. The van der Waals surface area contributed by atoms with Crippen LogP contribution in [0.25, 0.3) is 88.0 Å². The van der Waals surface area contributed by atoms with Crippen LogP contribution in [-0.4, -0.2) is 19.9 Å². The van der Waals surface area contributed by atoms with Gasteiger partial charge in [0.15, 0.2) is 23.1 Å². The molecule has 0 aliphatic heterocycles. The highest BCUT2D eigenvalue weighted by Crippen LogP contribution is 2.47. The van der Waals surface area contributed by atoms with E-state index in [1.807, 2.05) is 91.0 Å². The molecule has 5 nitrogen and oxygen atoms in total. The Morgan fingerprint density at radius 3 is 1.67 bits per heavy atom. The lowest BCUT2D eigenvalue weighted by atomic mass is 9.96. The molecule has 6 heteroatoms. The third-order valence-corrected chi connectivity index (χ3v) is 9.47. The van der Waals surface area contributed by atoms with E-state index in [9.17, 15) is 0 Å². The number of nitrogens with zero attached hydrogens (tertiary/aromatic N) is 4. The predicted molar refractivity (Wildman–Crippen MR) is 187 cm³/mol. The summed E-state index contributed by atoms with van der Waals surface area (Å²) >= 11 is 1.73. The third kappa shape index (κ3) is 4.47. The van der Waals surface area contributed by atoms with Gasteiger partial charge in [0.05, 0.1) is 5.56 Å². The fourth-order valence-corrected chi connectivity index (χ4v) is 7.36. The molecule has 0 radical (unpaired) electrons. The van der Waals surface area contributed by atoms with Crippen LogP contribution in [0.2, 0.25) is 0 Å². The molecule has 0 spiro atoms. The summed E-state index contributed by atoms with van der Waals surface area (Å²) in [5.74, 6) is 2.52. The molecule has 0 aliphatic carbocycles. The standard InChI is InChI=1S/C40H24N4OS/c1-4-13-25(14-5-1)28-23-24-31(40-41-32-21-10-11-22-33(32)45-40)36-34(28)29-19-12-20-30(35(29)46-36)39-43-37(26-15-6-2-7-16-26)42-38(44-39)27-17-8-3-9-18-27/h1-24H. The minimum absolute atomic E-state index is 0.608. The van der Waals surface area contributed by atoms with Crippen LogP contribution < -0.4 is 0 Å². The van der Waals surface area contributed by atoms with E-state index >= 15 is 0 Å². The first-order chi connectivity index (χ1) is 22.8. The number of benzene rings is 6. The van der Waals surface area contributed by atoms with E-state index in [1.54, 1.807) is 11.3 Å². The quantitative estimate of drug-likeness (QED) is 0.194. The maximum absolute atomic E-state index is 6.31. The number of para-hydroxylation sites is 2. The van der Waals surface area contributed by atoms with Crippen LogP contribution >= 0.6 is 11.3 Å². The van der Waals surface area contributed by atoms with Crippen molar-refractivity contribution in [2.24, 2.45) is 0 Å². The van der Waals surface area contributed by atoms with Gasteiger partial charge in [0.25, 0.3) is 0 Å². The second-order valence-corrected chi connectivity index (χ2v) is 12.1. The summed E-state index contributed by atoms with van der Waals surface area (Å²) < 4.78 is 8.52. The summed E-state index contributed by atoms with van der Waals surface area (Å²) in [6.07, 6.45) is 0. The lowest BCUT2D eigenvalue weighted by Crippen LogP contribution is -2.00. The maximum atomic E-state index is 6.31. The van der Waals surface area contributed by atoms with Gasteiger partial charge in [0, 0.05) is 36.9 Å². The number of rotatable bonds is 5. The second-order valence-electron chi connectivity index (χ2n) is 11.0. The zero-order valence-corrected chi connectivity index (χ0v) is 25.3. The molecule has 0 fully saturated rings. The van der Waals surface area contributed by atoms with E-state index in [2.05, 4.69) is 54.6 Å². The Hall–Kier alpha value is -5.98. The van der Waals surface area contributed by atoms with Crippen LogP contribution in [-0.2, 0) is 0 Å². The van der Waals surface area contributed by atoms with Crippen molar-refractivity contribution < 1.29 is 4.42 Å². The van der Waals surface area contributed by atoms with Crippen LogP contribution in [0.5, 0.6) is 0 Å². The second kappa shape index (κ2) is 10.9. The molecular formula is C40H24N4OS. The van der Waals surface area contributed by atoms with E-state index in [1.165, 1.54) is 0 Å². The number of fused-ring (bicyclic) bond motifs is 4. The van der Waals surface area contributed by atoms with Crippen LogP contribution in [0, 0.1) is 0 Å². The first-order valence-corrected chi connectivity index (χ1v) is 15.9.